The Labute approximate surface area is 188 Å². The summed E-state index contributed by atoms with van der Waals surface area (Å²) in [5.74, 6) is 0.584. The van der Waals surface area contributed by atoms with Crippen LogP contribution in [0.25, 0.3) is 0 Å². The van der Waals surface area contributed by atoms with Crippen molar-refractivity contribution in [1.82, 2.24) is 10.2 Å². The van der Waals surface area contributed by atoms with Crippen LogP contribution in [-0.4, -0.2) is 41.4 Å². The Bertz CT molecular complexity index is 937. The molecule has 0 unspecified atom stereocenters. The number of piperidine rings is 1. The number of hydrogen-bond donors (Lipinski definition) is 1. The molecule has 2 aromatic carbocycles. The van der Waals surface area contributed by atoms with Crippen LogP contribution >= 0.6 is 0 Å². The van der Waals surface area contributed by atoms with Gasteiger partial charge in [0.1, 0.15) is 17.7 Å². The number of carbonyl (C=O) groups is 2. The van der Waals surface area contributed by atoms with Crippen molar-refractivity contribution in [3.05, 3.63) is 65.5 Å². The number of amides is 2. The van der Waals surface area contributed by atoms with E-state index in [-0.39, 0.29) is 29.3 Å². The lowest BCUT2D eigenvalue weighted by molar-refractivity contribution is -0.133. The predicted octanol–water partition coefficient (Wildman–Crippen LogP) is 4.18. The first kappa shape index (κ1) is 22.3. The Kier molecular flexibility index (Phi) is 6.77. The smallest absolute Gasteiger partial charge is 0.222 e. The predicted molar refractivity (Wildman–Crippen MR) is 121 cm³/mol. The number of aryl methyl sites for hydroxylation is 1. The molecule has 0 radical (unpaired) electrons. The van der Waals surface area contributed by atoms with E-state index in [1.54, 1.807) is 12.1 Å². The molecule has 0 saturated carbocycles. The van der Waals surface area contributed by atoms with Crippen LogP contribution in [0.2, 0.25) is 0 Å². The lowest BCUT2D eigenvalue weighted by Gasteiger charge is -2.34. The van der Waals surface area contributed by atoms with Crippen molar-refractivity contribution >= 4 is 11.8 Å². The van der Waals surface area contributed by atoms with Gasteiger partial charge in [0.05, 0.1) is 0 Å². The molecule has 1 atom stereocenters. The first-order valence-electron chi connectivity index (χ1n) is 11.5. The summed E-state index contributed by atoms with van der Waals surface area (Å²) < 4.78 is 19.0. The van der Waals surface area contributed by atoms with Crippen LogP contribution in [0.5, 0.6) is 5.75 Å². The first-order valence-corrected chi connectivity index (χ1v) is 11.5. The maximum Gasteiger partial charge on any atom is 0.222 e. The van der Waals surface area contributed by atoms with Gasteiger partial charge in [-0.15, -0.1) is 0 Å². The maximum absolute atomic E-state index is 13.1. The fraction of sp³-hybridized carbons (Fsp3) is 0.462. The summed E-state index contributed by atoms with van der Waals surface area (Å²) in [6.07, 6.45) is 4.66. The molecule has 2 aromatic rings. The van der Waals surface area contributed by atoms with E-state index >= 15 is 0 Å². The molecule has 0 bridgehead atoms. The third-order valence-electron chi connectivity index (χ3n) is 6.63. The quantitative estimate of drug-likeness (QED) is 0.706. The Hall–Kier alpha value is -2.89. The zero-order chi connectivity index (χ0) is 22.6. The maximum atomic E-state index is 13.1. The molecular weight excluding hydrogens is 407 g/mol. The minimum Gasteiger partial charge on any atom is -0.490 e. The highest BCUT2D eigenvalue weighted by atomic mass is 19.1. The van der Waals surface area contributed by atoms with E-state index < -0.39 is 0 Å². The molecule has 5 nitrogen and oxygen atoms in total. The molecular formula is C26H31FN2O3. The average molecular weight is 439 g/mol. The number of rotatable bonds is 7. The Morgan fingerprint density at radius 1 is 1.12 bits per heavy atom. The number of hydrogen-bond acceptors (Lipinski definition) is 3. The highest BCUT2D eigenvalue weighted by Crippen LogP contribution is 2.30. The fourth-order valence-corrected chi connectivity index (χ4v) is 4.71. The third kappa shape index (κ3) is 5.67. The van der Waals surface area contributed by atoms with Gasteiger partial charge in [0.2, 0.25) is 11.8 Å². The number of ether oxygens (including phenoxy) is 1. The normalized spacial score (nSPS) is 21.4. The van der Waals surface area contributed by atoms with Gasteiger partial charge in [-0.2, -0.15) is 0 Å². The van der Waals surface area contributed by atoms with Crippen molar-refractivity contribution in [2.45, 2.75) is 63.5 Å². The molecule has 2 aliphatic rings. The summed E-state index contributed by atoms with van der Waals surface area (Å²) >= 11 is 0. The summed E-state index contributed by atoms with van der Waals surface area (Å²) in [4.78, 5) is 26.8. The van der Waals surface area contributed by atoms with E-state index in [9.17, 15) is 14.0 Å². The fourth-order valence-electron chi connectivity index (χ4n) is 4.71. The van der Waals surface area contributed by atoms with Gasteiger partial charge in [-0.3, -0.25) is 9.59 Å². The molecule has 2 amide bonds. The van der Waals surface area contributed by atoms with Crippen LogP contribution in [0, 0.1) is 12.7 Å². The van der Waals surface area contributed by atoms with E-state index in [0.717, 1.165) is 25.7 Å². The second kappa shape index (κ2) is 9.72. The van der Waals surface area contributed by atoms with Crippen LogP contribution in [0.4, 0.5) is 4.39 Å². The average Bonchev–Trinajstić information content (AvgIpc) is 3.16. The van der Waals surface area contributed by atoms with Crippen LogP contribution < -0.4 is 10.1 Å². The Balaban J connectivity index is 1.28. The summed E-state index contributed by atoms with van der Waals surface area (Å²) in [5, 5.41) is 3.17. The van der Waals surface area contributed by atoms with Gasteiger partial charge in [-0.25, -0.2) is 4.39 Å². The Morgan fingerprint density at radius 3 is 2.44 bits per heavy atom. The van der Waals surface area contributed by atoms with E-state index in [1.165, 1.54) is 23.3 Å². The van der Waals surface area contributed by atoms with Gasteiger partial charge in [0, 0.05) is 44.3 Å². The van der Waals surface area contributed by atoms with Crippen LogP contribution in [-0.2, 0) is 16.0 Å². The highest BCUT2D eigenvalue weighted by Gasteiger charge is 2.38. The molecule has 170 valence electrons. The molecule has 0 spiro atoms. The number of halogens is 1. The lowest BCUT2D eigenvalue weighted by atomic mass is 9.84. The molecule has 2 saturated heterocycles. The second-order valence-electron chi connectivity index (χ2n) is 9.14. The molecule has 6 heteroatoms. The summed E-state index contributed by atoms with van der Waals surface area (Å²) in [6, 6.07) is 14.4. The molecule has 1 N–H and O–H groups in total. The summed E-state index contributed by atoms with van der Waals surface area (Å²) in [6.45, 7) is 3.37. The van der Waals surface area contributed by atoms with Crippen molar-refractivity contribution in [1.29, 1.82) is 0 Å². The van der Waals surface area contributed by atoms with E-state index in [2.05, 4.69) is 36.5 Å². The van der Waals surface area contributed by atoms with Crippen molar-refractivity contribution in [3.8, 4) is 5.75 Å². The molecule has 0 aliphatic carbocycles. The number of nitrogens with zero attached hydrogens (tertiary/aromatic N) is 1. The van der Waals surface area contributed by atoms with Crippen molar-refractivity contribution in [3.63, 3.8) is 0 Å². The van der Waals surface area contributed by atoms with Crippen LogP contribution in [0.15, 0.2) is 48.5 Å². The van der Waals surface area contributed by atoms with Gasteiger partial charge in [0.15, 0.2) is 0 Å². The number of likely N-dealkylation sites (tertiary alicyclic amines) is 1. The van der Waals surface area contributed by atoms with Crippen molar-refractivity contribution in [2.75, 3.05) is 13.1 Å². The molecule has 2 aliphatic heterocycles. The molecule has 4 rings (SSSR count). The highest BCUT2D eigenvalue weighted by molar-refractivity contribution is 5.80. The lowest BCUT2D eigenvalue weighted by Crippen LogP contribution is -2.46. The van der Waals surface area contributed by atoms with Gasteiger partial charge >= 0.3 is 0 Å². The number of carbonyl (C=O) groups excluding carboxylic acids is 2. The SMILES string of the molecule is Cc1ccc(C[C@@]2(CCC(=O)N3CCC(Oc4ccc(F)cc4)CC3)CCC(=O)N2)cc1. The minimum atomic E-state index is -0.341. The topological polar surface area (TPSA) is 58.6 Å². The van der Waals surface area contributed by atoms with E-state index in [1.807, 2.05) is 4.90 Å². The van der Waals surface area contributed by atoms with Crippen molar-refractivity contribution < 1.29 is 18.7 Å². The van der Waals surface area contributed by atoms with E-state index in [0.29, 0.717) is 38.1 Å². The van der Waals surface area contributed by atoms with E-state index in [4.69, 9.17) is 4.74 Å². The third-order valence-corrected chi connectivity index (χ3v) is 6.63. The second-order valence-corrected chi connectivity index (χ2v) is 9.14. The largest absolute Gasteiger partial charge is 0.490 e. The molecule has 0 aromatic heterocycles. The number of benzene rings is 2. The minimum absolute atomic E-state index is 0.0338. The first-order chi connectivity index (χ1) is 15.4. The van der Waals surface area contributed by atoms with Gasteiger partial charge in [-0.1, -0.05) is 29.8 Å². The molecule has 2 heterocycles. The summed E-state index contributed by atoms with van der Waals surface area (Å²) in [7, 11) is 0. The molecule has 2 fully saturated rings. The monoisotopic (exact) mass is 438 g/mol. The number of nitrogens with one attached hydrogen (secondary N) is 1. The standard InChI is InChI=1S/C26H31FN2O3/c1-19-2-4-20(5-3-19)18-26(14-10-24(30)28-26)15-11-25(31)29-16-12-23(13-17-29)32-22-8-6-21(27)7-9-22/h2-9,23H,10-18H2,1H3,(H,28,30)/t26-/m0/s1. The summed E-state index contributed by atoms with van der Waals surface area (Å²) in [5.41, 5.74) is 2.05. The van der Waals surface area contributed by atoms with Gasteiger partial charge in [-0.05, 0) is 56.0 Å². The molecule has 32 heavy (non-hydrogen) atoms. The van der Waals surface area contributed by atoms with Crippen LogP contribution in [0.3, 0.4) is 0 Å². The zero-order valence-corrected chi connectivity index (χ0v) is 18.6. The Morgan fingerprint density at radius 2 is 1.81 bits per heavy atom. The van der Waals surface area contributed by atoms with Crippen LogP contribution in [0.1, 0.15) is 49.7 Å². The zero-order valence-electron chi connectivity index (χ0n) is 18.6. The van der Waals surface area contributed by atoms with Gasteiger partial charge in [0.25, 0.3) is 0 Å². The van der Waals surface area contributed by atoms with Crippen molar-refractivity contribution in [2.24, 2.45) is 0 Å². The van der Waals surface area contributed by atoms with Gasteiger partial charge < -0.3 is 15.0 Å².